The maximum atomic E-state index is 3.57. The first-order valence-corrected chi connectivity index (χ1v) is 8.93. The molecule has 0 N–H and O–H groups in total. The average molecular weight is 317 g/mol. The van der Waals surface area contributed by atoms with E-state index in [1.54, 1.807) is 0 Å². The van der Waals surface area contributed by atoms with Gasteiger partial charge in [-0.2, -0.15) is 0 Å². The van der Waals surface area contributed by atoms with Gasteiger partial charge in [-0.25, -0.2) is 0 Å². The number of rotatable bonds is 7. The second kappa shape index (κ2) is 7.86. The molecule has 1 saturated carbocycles. The van der Waals surface area contributed by atoms with Crippen molar-refractivity contribution in [1.82, 2.24) is 9.80 Å². The van der Waals surface area contributed by atoms with E-state index in [2.05, 4.69) is 32.8 Å². The quantitative estimate of drug-likeness (QED) is 0.663. The van der Waals surface area contributed by atoms with Crippen LogP contribution in [0, 0.1) is 0 Å². The number of halogens is 1. The molecule has 106 valence electrons. The van der Waals surface area contributed by atoms with E-state index < -0.39 is 0 Å². The zero-order valence-electron chi connectivity index (χ0n) is 11.9. The van der Waals surface area contributed by atoms with Crippen molar-refractivity contribution in [3.63, 3.8) is 0 Å². The lowest BCUT2D eigenvalue weighted by molar-refractivity contribution is 0.100. The Morgan fingerprint density at radius 1 is 1.11 bits per heavy atom. The zero-order chi connectivity index (χ0) is 12.8. The van der Waals surface area contributed by atoms with Crippen molar-refractivity contribution in [3.8, 4) is 0 Å². The third-order valence-corrected chi connectivity index (χ3v) is 5.40. The Balaban J connectivity index is 1.73. The Morgan fingerprint density at radius 3 is 2.56 bits per heavy atom. The Hall–Kier alpha value is 0.400. The predicted octanol–water partition coefficient (Wildman–Crippen LogP) is 3.50. The van der Waals surface area contributed by atoms with Crippen molar-refractivity contribution < 1.29 is 0 Å². The summed E-state index contributed by atoms with van der Waals surface area (Å²) in [6.45, 7) is 3.94. The van der Waals surface area contributed by atoms with E-state index in [0.29, 0.717) is 0 Å². The van der Waals surface area contributed by atoms with Crippen LogP contribution in [0.4, 0.5) is 0 Å². The molecule has 1 heterocycles. The molecule has 2 rings (SSSR count). The summed E-state index contributed by atoms with van der Waals surface area (Å²) in [6.07, 6.45) is 11.3. The van der Waals surface area contributed by atoms with Gasteiger partial charge in [-0.3, -0.25) is 0 Å². The maximum absolute atomic E-state index is 3.57. The second-order valence-corrected chi connectivity index (χ2v) is 6.88. The summed E-state index contributed by atoms with van der Waals surface area (Å²) in [4.78, 5) is 5.36. The van der Waals surface area contributed by atoms with Crippen LogP contribution in [-0.2, 0) is 0 Å². The summed E-state index contributed by atoms with van der Waals surface area (Å²) in [6, 6.07) is 1.77. The number of hydrogen-bond acceptors (Lipinski definition) is 2. The van der Waals surface area contributed by atoms with Gasteiger partial charge >= 0.3 is 0 Å². The van der Waals surface area contributed by atoms with Gasteiger partial charge in [0.2, 0.25) is 0 Å². The van der Waals surface area contributed by atoms with Gasteiger partial charge in [0.1, 0.15) is 0 Å². The molecule has 0 spiro atoms. The van der Waals surface area contributed by atoms with Crippen LogP contribution >= 0.6 is 15.9 Å². The fourth-order valence-electron chi connectivity index (χ4n) is 3.32. The van der Waals surface area contributed by atoms with Gasteiger partial charge in [0.25, 0.3) is 0 Å². The summed E-state index contributed by atoms with van der Waals surface area (Å²) in [7, 11) is 2.32. The van der Waals surface area contributed by atoms with Crippen molar-refractivity contribution in [3.05, 3.63) is 0 Å². The lowest BCUT2D eigenvalue weighted by Gasteiger charge is -2.40. The number of nitrogens with zero attached hydrogens (tertiary/aromatic N) is 2. The zero-order valence-corrected chi connectivity index (χ0v) is 13.5. The first kappa shape index (κ1) is 14.8. The van der Waals surface area contributed by atoms with Crippen LogP contribution in [0.2, 0.25) is 0 Å². The van der Waals surface area contributed by atoms with Gasteiger partial charge in [-0.05, 0) is 65.2 Å². The normalized spacial score (nSPS) is 26.5. The molecule has 0 aromatic rings. The molecule has 0 aromatic carbocycles. The van der Waals surface area contributed by atoms with Crippen molar-refractivity contribution in [2.45, 2.75) is 63.5 Å². The molecule has 1 aliphatic heterocycles. The van der Waals surface area contributed by atoms with Crippen molar-refractivity contribution >= 4 is 15.9 Å². The minimum atomic E-state index is 0.852. The predicted molar refractivity (Wildman–Crippen MR) is 82.5 cm³/mol. The number of hydrogen-bond donors (Lipinski definition) is 0. The lowest BCUT2D eigenvalue weighted by atomic mass is 9.90. The van der Waals surface area contributed by atoms with Crippen LogP contribution in [0.5, 0.6) is 0 Å². The summed E-state index contributed by atoms with van der Waals surface area (Å²) in [5.41, 5.74) is 0. The monoisotopic (exact) mass is 316 g/mol. The third-order valence-electron chi connectivity index (χ3n) is 4.84. The number of alkyl halides is 1. The number of piperidine rings is 1. The summed E-state index contributed by atoms with van der Waals surface area (Å²) in [5, 5.41) is 1.15. The molecule has 1 saturated heterocycles. The first-order valence-electron chi connectivity index (χ1n) is 7.81. The van der Waals surface area contributed by atoms with Crippen molar-refractivity contribution in [1.29, 1.82) is 0 Å². The molecule has 0 amide bonds. The highest BCUT2D eigenvalue weighted by molar-refractivity contribution is 9.09. The molecule has 0 aromatic heterocycles. The third kappa shape index (κ3) is 4.21. The van der Waals surface area contributed by atoms with E-state index in [1.807, 2.05) is 0 Å². The largest absolute Gasteiger partial charge is 0.303 e. The van der Waals surface area contributed by atoms with E-state index in [9.17, 15) is 0 Å². The number of likely N-dealkylation sites (tertiary alicyclic amines) is 1. The second-order valence-electron chi connectivity index (χ2n) is 6.08. The maximum Gasteiger partial charge on any atom is 0.0104 e. The fraction of sp³-hybridized carbons (Fsp3) is 1.00. The Labute approximate surface area is 121 Å². The molecular weight excluding hydrogens is 288 g/mol. The highest BCUT2D eigenvalue weighted by Gasteiger charge is 2.26. The SMILES string of the molecule is CN1CCCCC1CCN(CCCBr)C1CCC1. The summed E-state index contributed by atoms with van der Waals surface area (Å²) in [5.74, 6) is 0. The van der Waals surface area contributed by atoms with Crippen molar-refractivity contribution in [2.75, 3.05) is 32.0 Å². The molecule has 2 aliphatic rings. The highest BCUT2D eigenvalue weighted by atomic mass is 79.9. The van der Waals surface area contributed by atoms with E-state index in [4.69, 9.17) is 0 Å². The summed E-state index contributed by atoms with van der Waals surface area (Å²) < 4.78 is 0. The van der Waals surface area contributed by atoms with E-state index >= 15 is 0 Å². The minimum absolute atomic E-state index is 0.852. The van der Waals surface area contributed by atoms with Gasteiger partial charge in [0.05, 0.1) is 0 Å². The van der Waals surface area contributed by atoms with Crippen LogP contribution in [0.25, 0.3) is 0 Å². The van der Waals surface area contributed by atoms with Gasteiger partial charge in [-0.15, -0.1) is 0 Å². The van der Waals surface area contributed by atoms with Crippen LogP contribution in [0.3, 0.4) is 0 Å². The van der Waals surface area contributed by atoms with Crippen LogP contribution in [-0.4, -0.2) is 53.9 Å². The van der Waals surface area contributed by atoms with E-state index in [-0.39, 0.29) is 0 Å². The van der Waals surface area contributed by atoms with Crippen molar-refractivity contribution in [2.24, 2.45) is 0 Å². The van der Waals surface area contributed by atoms with Gasteiger partial charge in [0.15, 0.2) is 0 Å². The molecule has 2 nitrogen and oxygen atoms in total. The van der Waals surface area contributed by atoms with Crippen LogP contribution in [0.1, 0.15) is 51.4 Å². The molecule has 1 aliphatic carbocycles. The molecule has 0 radical (unpaired) electrons. The summed E-state index contributed by atoms with van der Waals surface area (Å²) >= 11 is 3.57. The van der Waals surface area contributed by atoms with Gasteiger partial charge in [0, 0.05) is 17.4 Å². The first-order chi connectivity index (χ1) is 8.81. The molecular formula is C15H29BrN2. The van der Waals surface area contributed by atoms with Gasteiger partial charge in [-0.1, -0.05) is 28.8 Å². The van der Waals surface area contributed by atoms with E-state index in [0.717, 1.165) is 17.4 Å². The Kier molecular flexibility index (Phi) is 6.46. The van der Waals surface area contributed by atoms with E-state index in [1.165, 1.54) is 71.0 Å². The molecule has 18 heavy (non-hydrogen) atoms. The fourth-order valence-corrected chi connectivity index (χ4v) is 3.57. The highest BCUT2D eigenvalue weighted by Crippen LogP contribution is 2.26. The molecule has 3 heteroatoms. The molecule has 1 atom stereocenters. The van der Waals surface area contributed by atoms with Crippen LogP contribution in [0.15, 0.2) is 0 Å². The molecule has 1 unspecified atom stereocenters. The lowest BCUT2D eigenvalue weighted by Crippen LogP contribution is -2.44. The Bertz CT molecular complexity index is 231. The smallest absolute Gasteiger partial charge is 0.0104 e. The standard InChI is InChI=1S/C15H29BrN2/c1-17-11-3-2-6-14(17)9-13-18(12-5-10-16)15-7-4-8-15/h14-15H,2-13H2,1H3. The minimum Gasteiger partial charge on any atom is -0.303 e. The topological polar surface area (TPSA) is 6.48 Å². The molecule has 2 fully saturated rings. The van der Waals surface area contributed by atoms with Crippen LogP contribution < -0.4 is 0 Å². The van der Waals surface area contributed by atoms with Gasteiger partial charge < -0.3 is 9.80 Å². The Morgan fingerprint density at radius 2 is 1.94 bits per heavy atom. The average Bonchev–Trinajstić information content (AvgIpc) is 2.32. The molecule has 0 bridgehead atoms.